The number of aromatic nitrogens is 4. The van der Waals surface area contributed by atoms with Crippen molar-refractivity contribution in [1.82, 2.24) is 24.6 Å². The van der Waals surface area contributed by atoms with Crippen LogP contribution in [0.15, 0.2) is 46.0 Å². The van der Waals surface area contributed by atoms with Gasteiger partial charge in [0.15, 0.2) is 0 Å². The van der Waals surface area contributed by atoms with E-state index in [-0.39, 0.29) is 18.7 Å². The van der Waals surface area contributed by atoms with Gasteiger partial charge in [0.25, 0.3) is 0 Å². The Labute approximate surface area is 157 Å². The second-order valence-electron chi connectivity index (χ2n) is 6.40. The molecule has 2 aromatic heterocycles. The number of rotatable bonds is 5. The number of nitrogens with zero attached hydrogens (tertiary/aromatic N) is 4. The Hall–Kier alpha value is -2.49. The Bertz CT molecular complexity index is 869. The maximum Gasteiger partial charge on any atom is 0.407 e. The van der Waals surface area contributed by atoms with E-state index in [0.29, 0.717) is 16.6 Å². The van der Waals surface area contributed by atoms with Crippen LogP contribution in [-0.2, 0) is 11.3 Å². The maximum atomic E-state index is 13.1. The summed E-state index contributed by atoms with van der Waals surface area (Å²) < 4.78 is 21.2. The number of halogens is 2. The van der Waals surface area contributed by atoms with E-state index in [4.69, 9.17) is 4.74 Å². The summed E-state index contributed by atoms with van der Waals surface area (Å²) in [7, 11) is 0. The van der Waals surface area contributed by atoms with Gasteiger partial charge in [-0.25, -0.2) is 28.2 Å². The first kappa shape index (κ1) is 19.8. The van der Waals surface area contributed by atoms with Crippen LogP contribution in [0.1, 0.15) is 20.8 Å². The van der Waals surface area contributed by atoms with Crippen LogP contribution in [0.5, 0.6) is 0 Å². The molecule has 140 valence electrons. The van der Waals surface area contributed by atoms with Crippen molar-refractivity contribution >= 4 is 22.0 Å². The highest BCUT2D eigenvalue weighted by Crippen LogP contribution is 2.11. The predicted molar refractivity (Wildman–Crippen MR) is 96.7 cm³/mol. The van der Waals surface area contributed by atoms with Gasteiger partial charge >= 0.3 is 11.8 Å². The fourth-order valence-electron chi connectivity index (χ4n) is 1.99. The minimum atomic E-state index is -0.670. The highest BCUT2D eigenvalue weighted by molar-refractivity contribution is 9.10. The number of alkyl carbamates (subject to hydrolysis) is 1. The van der Waals surface area contributed by atoms with Crippen molar-refractivity contribution in [2.45, 2.75) is 32.9 Å². The van der Waals surface area contributed by atoms with E-state index in [1.165, 1.54) is 10.9 Å². The van der Waals surface area contributed by atoms with Crippen molar-refractivity contribution in [2.75, 3.05) is 6.54 Å². The number of nitrogens with one attached hydrogen (secondary N) is 1. The number of carbonyl (C=O) groups is 1. The molecule has 0 aliphatic rings. The fraction of sp³-hybridized carbons (Fsp3) is 0.375. The van der Waals surface area contributed by atoms with E-state index < -0.39 is 17.4 Å². The first-order chi connectivity index (χ1) is 12.2. The van der Waals surface area contributed by atoms with Crippen LogP contribution in [0.3, 0.4) is 0 Å². The van der Waals surface area contributed by atoms with Gasteiger partial charge in [0.1, 0.15) is 16.5 Å². The lowest BCUT2D eigenvalue weighted by molar-refractivity contribution is 0.0532. The summed E-state index contributed by atoms with van der Waals surface area (Å²) in [5.74, 6) is 0. The topological polar surface area (TPSA) is 91.0 Å². The van der Waals surface area contributed by atoms with E-state index in [2.05, 4.69) is 31.3 Å². The molecule has 26 heavy (non-hydrogen) atoms. The Morgan fingerprint density at radius 1 is 1.46 bits per heavy atom. The van der Waals surface area contributed by atoms with E-state index >= 15 is 0 Å². The summed E-state index contributed by atoms with van der Waals surface area (Å²) in [4.78, 5) is 28.1. The number of ether oxygens (including phenoxy) is 1. The molecule has 0 bridgehead atoms. The fourth-order valence-corrected chi connectivity index (χ4v) is 2.34. The van der Waals surface area contributed by atoms with Gasteiger partial charge in [-0.2, -0.15) is 5.10 Å². The minimum Gasteiger partial charge on any atom is -0.444 e. The summed E-state index contributed by atoms with van der Waals surface area (Å²) in [6, 6.07) is 3.30. The predicted octanol–water partition coefficient (Wildman–Crippen LogP) is 2.57. The maximum absolute atomic E-state index is 13.1. The Balaban J connectivity index is 2.06. The largest absolute Gasteiger partial charge is 0.444 e. The van der Waals surface area contributed by atoms with Crippen LogP contribution in [0.4, 0.5) is 9.18 Å². The number of pyridine rings is 1. The van der Waals surface area contributed by atoms with Gasteiger partial charge in [0, 0.05) is 12.7 Å². The summed E-state index contributed by atoms with van der Waals surface area (Å²) in [6.07, 6.45) is 2.55. The van der Waals surface area contributed by atoms with Crippen LogP contribution in [0.25, 0.3) is 5.69 Å². The normalized spacial score (nSPS) is 12.1. The minimum absolute atomic E-state index is 0.106. The molecule has 0 aliphatic heterocycles. The van der Waals surface area contributed by atoms with Crippen LogP contribution >= 0.6 is 15.9 Å². The van der Waals surface area contributed by atoms with Crippen molar-refractivity contribution in [3.63, 3.8) is 0 Å². The SMILES string of the molecule is CC(C)(C)OC(=O)NC/C(=C\F)Cn1ncn(-c2ccnc(Br)c2)c1=O. The van der Waals surface area contributed by atoms with Crippen molar-refractivity contribution in [2.24, 2.45) is 0 Å². The third kappa shape index (κ3) is 5.51. The molecule has 2 heterocycles. The zero-order valence-electron chi connectivity index (χ0n) is 14.6. The summed E-state index contributed by atoms with van der Waals surface area (Å²) in [5.41, 5.74) is -0.363. The molecule has 2 rings (SSSR count). The molecular formula is C16H19BrFN5O3. The molecule has 2 aromatic rings. The highest BCUT2D eigenvalue weighted by atomic mass is 79.9. The summed E-state index contributed by atoms with van der Waals surface area (Å²) >= 11 is 3.23. The average Bonchev–Trinajstić information content (AvgIpc) is 2.90. The summed E-state index contributed by atoms with van der Waals surface area (Å²) in [6.45, 7) is 4.96. The van der Waals surface area contributed by atoms with E-state index in [9.17, 15) is 14.0 Å². The molecule has 0 saturated heterocycles. The molecule has 0 unspecified atom stereocenters. The number of hydrogen-bond donors (Lipinski definition) is 1. The van der Waals surface area contributed by atoms with Crippen molar-refractivity contribution < 1.29 is 13.9 Å². The van der Waals surface area contributed by atoms with E-state index in [0.717, 1.165) is 4.68 Å². The van der Waals surface area contributed by atoms with E-state index in [1.807, 2.05) is 0 Å². The first-order valence-corrected chi connectivity index (χ1v) is 8.50. The number of carbonyl (C=O) groups excluding carboxylic acids is 1. The zero-order chi connectivity index (χ0) is 19.3. The smallest absolute Gasteiger partial charge is 0.407 e. The van der Waals surface area contributed by atoms with Gasteiger partial charge in [0.2, 0.25) is 0 Å². The Kier molecular flexibility index (Phi) is 6.30. The lowest BCUT2D eigenvalue weighted by atomic mass is 10.2. The van der Waals surface area contributed by atoms with Gasteiger partial charge in [-0.05, 0) is 54.4 Å². The quantitative estimate of drug-likeness (QED) is 0.740. The van der Waals surface area contributed by atoms with Gasteiger partial charge in [-0.1, -0.05) is 0 Å². The third-order valence-electron chi connectivity index (χ3n) is 3.09. The molecule has 0 spiro atoms. The van der Waals surface area contributed by atoms with Gasteiger partial charge in [-0.3, -0.25) is 0 Å². The van der Waals surface area contributed by atoms with Crippen LogP contribution in [0, 0.1) is 0 Å². The molecule has 0 saturated carbocycles. The second kappa shape index (κ2) is 8.26. The Morgan fingerprint density at radius 3 is 2.81 bits per heavy atom. The molecule has 0 radical (unpaired) electrons. The number of hydrogen-bond acceptors (Lipinski definition) is 5. The molecule has 8 nitrogen and oxygen atoms in total. The van der Waals surface area contributed by atoms with Gasteiger partial charge in [-0.15, -0.1) is 0 Å². The van der Waals surface area contributed by atoms with Crippen molar-refractivity contribution in [1.29, 1.82) is 0 Å². The molecule has 0 fully saturated rings. The molecule has 1 N–H and O–H groups in total. The van der Waals surface area contributed by atoms with Gasteiger partial charge < -0.3 is 10.1 Å². The Morgan fingerprint density at radius 2 is 2.19 bits per heavy atom. The molecule has 10 heteroatoms. The first-order valence-electron chi connectivity index (χ1n) is 7.71. The highest BCUT2D eigenvalue weighted by Gasteiger charge is 2.16. The third-order valence-corrected chi connectivity index (χ3v) is 3.52. The second-order valence-corrected chi connectivity index (χ2v) is 7.21. The van der Waals surface area contributed by atoms with Crippen LogP contribution in [0.2, 0.25) is 0 Å². The van der Waals surface area contributed by atoms with Crippen LogP contribution in [-0.4, -0.2) is 37.6 Å². The molecule has 0 aromatic carbocycles. The van der Waals surface area contributed by atoms with Gasteiger partial charge in [0.05, 0.1) is 18.6 Å². The summed E-state index contributed by atoms with van der Waals surface area (Å²) in [5, 5.41) is 6.42. The number of amides is 1. The molecule has 0 aliphatic carbocycles. The van der Waals surface area contributed by atoms with Crippen LogP contribution < -0.4 is 11.0 Å². The van der Waals surface area contributed by atoms with Crippen molar-refractivity contribution in [3.8, 4) is 5.69 Å². The lowest BCUT2D eigenvalue weighted by Crippen LogP contribution is -2.34. The monoisotopic (exact) mass is 427 g/mol. The van der Waals surface area contributed by atoms with Crippen molar-refractivity contribution in [3.05, 3.63) is 51.6 Å². The molecule has 0 atom stereocenters. The standard InChI is InChI=1S/C16H19BrFN5O3/c1-16(2,3)26-14(24)20-8-11(7-18)9-23-15(25)22(10-21-23)12-4-5-19-13(17)6-12/h4-7,10H,8-9H2,1-3H3,(H,20,24)/b11-7+. The zero-order valence-corrected chi connectivity index (χ0v) is 16.2. The average molecular weight is 428 g/mol. The lowest BCUT2D eigenvalue weighted by Gasteiger charge is -2.19. The molecular weight excluding hydrogens is 409 g/mol. The van der Waals surface area contributed by atoms with E-state index in [1.54, 1.807) is 39.1 Å². The molecule has 1 amide bonds.